The number of hydrogen-bond donors (Lipinski definition) is 1. The molecule has 0 saturated carbocycles. The number of amides is 2. The van der Waals surface area contributed by atoms with Crippen LogP contribution in [0.15, 0.2) is 36.5 Å². The molecule has 1 saturated heterocycles. The summed E-state index contributed by atoms with van der Waals surface area (Å²) in [6.07, 6.45) is -3.50. The second-order valence-corrected chi connectivity index (χ2v) is 6.96. The molecule has 2 heterocycles. The summed E-state index contributed by atoms with van der Waals surface area (Å²) in [4.78, 5) is 27.9. The Morgan fingerprint density at radius 3 is 2.48 bits per heavy atom. The number of anilines is 1. The Kier molecular flexibility index (Phi) is 6.31. The minimum Gasteiger partial charge on any atom is -0.368 e. The van der Waals surface area contributed by atoms with Gasteiger partial charge in [-0.3, -0.25) is 14.3 Å². The molecule has 1 aromatic heterocycles. The smallest absolute Gasteiger partial charge is 0.368 e. The van der Waals surface area contributed by atoms with E-state index in [0.717, 1.165) is 22.6 Å². The van der Waals surface area contributed by atoms with E-state index in [1.165, 1.54) is 0 Å². The molecule has 156 valence electrons. The lowest BCUT2D eigenvalue weighted by Crippen LogP contribution is -2.51. The average Bonchev–Trinajstić information content (AvgIpc) is 3.15. The van der Waals surface area contributed by atoms with Gasteiger partial charge in [-0.2, -0.15) is 18.3 Å². The van der Waals surface area contributed by atoms with Crippen LogP contribution < -0.4 is 10.2 Å². The van der Waals surface area contributed by atoms with E-state index in [-0.39, 0.29) is 12.5 Å². The lowest BCUT2D eigenvalue weighted by molar-refractivity contribution is -0.141. The SMILES string of the molecule is O=C(Cn1ccc(C(F)(F)F)n1)NCC(=O)N1CCN(c2cccc(Cl)c2)CC1. The van der Waals surface area contributed by atoms with Gasteiger partial charge in [0.25, 0.3) is 0 Å². The molecule has 0 aliphatic carbocycles. The van der Waals surface area contributed by atoms with Gasteiger partial charge in [-0.25, -0.2) is 0 Å². The van der Waals surface area contributed by atoms with Gasteiger partial charge in [-0.1, -0.05) is 17.7 Å². The number of alkyl halides is 3. The zero-order chi connectivity index (χ0) is 21.0. The van der Waals surface area contributed by atoms with Gasteiger partial charge in [0, 0.05) is 43.1 Å². The highest BCUT2D eigenvalue weighted by molar-refractivity contribution is 6.30. The lowest BCUT2D eigenvalue weighted by Gasteiger charge is -2.36. The summed E-state index contributed by atoms with van der Waals surface area (Å²) in [5, 5.41) is 6.37. The van der Waals surface area contributed by atoms with Crippen LogP contribution in [0.5, 0.6) is 0 Å². The maximum Gasteiger partial charge on any atom is 0.435 e. The summed E-state index contributed by atoms with van der Waals surface area (Å²) in [6, 6.07) is 8.25. The molecule has 29 heavy (non-hydrogen) atoms. The number of hydrogen-bond acceptors (Lipinski definition) is 4. The van der Waals surface area contributed by atoms with Crippen molar-refractivity contribution in [2.24, 2.45) is 0 Å². The normalized spacial score (nSPS) is 14.8. The molecule has 0 unspecified atom stereocenters. The zero-order valence-corrected chi connectivity index (χ0v) is 16.1. The highest BCUT2D eigenvalue weighted by Crippen LogP contribution is 2.27. The van der Waals surface area contributed by atoms with E-state index >= 15 is 0 Å². The first-order valence-corrected chi connectivity index (χ1v) is 9.26. The highest BCUT2D eigenvalue weighted by Gasteiger charge is 2.33. The predicted molar refractivity (Wildman–Crippen MR) is 100 cm³/mol. The van der Waals surface area contributed by atoms with Gasteiger partial charge in [-0.15, -0.1) is 0 Å². The minimum absolute atomic E-state index is 0.219. The molecular formula is C18H19ClF3N5O2. The number of halogens is 4. The predicted octanol–water partition coefficient (Wildman–Crippen LogP) is 2.02. The van der Waals surface area contributed by atoms with Crippen molar-refractivity contribution in [1.29, 1.82) is 0 Å². The van der Waals surface area contributed by atoms with Gasteiger partial charge in [0.15, 0.2) is 5.69 Å². The van der Waals surface area contributed by atoms with Gasteiger partial charge in [-0.05, 0) is 24.3 Å². The molecule has 1 aliphatic heterocycles. The van der Waals surface area contributed by atoms with E-state index in [0.29, 0.717) is 31.2 Å². The van der Waals surface area contributed by atoms with Crippen molar-refractivity contribution in [3.8, 4) is 0 Å². The van der Waals surface area contributed by atoms with Crippen LogP contribution in [0.3, 0.4) is 0 Å². The van der Waals surface area contributed by atoms with E-state index in [9.17, 15) is 22.8 Å². The summed E-state index contributed by atoms with van der Waals surface area (Å²) in [5.74, 6) is -0.840. The number of carbonyl (C=O) groups is 2. The molecule has 11 heteroatoms. The maximum atomic E-state index is 12.5. The first-order chi connectivity index (χ1) is 13.7. The number of carbonyl (C=O) groups excluding carboxylic acids is 2. The van der Waals surface area contributed by atoms with Crippen molar-refractivity contribution in [3.63, 3.8) is 0 Å². The molecule has 7 nitrogen and oxygen atoms in total. The van der Waals surface area contributed by atoms with Crippen molar-refractivity contribution >= 4 is 29.1 Å². The van der Waals surface area contributed by atoms with E-state index in [1.807, 2.05) is 18.2 Å². The van der Waals surface area contributed by atoms with Crippen LogP contribution >= 0.6 is 11.6 Å². The Hall–Kier alpha value is -2.75. The molecule has 1 fully saturated rings. The largest absolute Gasteiger partial charge is 0.435 e. The molecule has 1 N–H and O–H groups in total. The van der Waals surface area contributed by atoms with Gasteiger partial charge >= 0.3 is 6.18 Å². The van der Waals surface area contributed by atoms with Crippen molar-refractivity contribution in [2.45, 2.75) is 12.7 Å². The highest BCUT2D eigenvalue weighted by atomic mass is 35.5. The summed E-state index contributed by atoms with van der Waals surface area (Å²) in [5.41, 5.74) is -0.0886. The maximum absolute atomic E-state index is 12.5. The van der Waals surface area contributed by atoms with Crippen LogP contribution in [0, 0.1) is 0 Å². The Morgan fingerprint density at radius 1 is 1.14 bits per heavy atom. The van der Waals surface area contributed by atoms with Gasteiger partial charge < -0.3 is 15.1 Å². The Labute approximate surface area is 170 Å². The van der Waals surface area contributed by atoms with Crippen LogP contribution in [0.1, 0.15) is 5.69 Å². The number of piperazine rings is 1. The quantitative estimate of drug-likeness (QED) is 0.789. The lowest BCUT2D eigenvalue weighted by atomic mass is 10.2. The molecule has 2 aromatic rings. The van der Waals surface area contributed by atoms with Gasteiger partial charge in [0.2, 0.25) is 11.8 Å². The fourth-order valence-electron chi connectivity index (χ4n) is 2.98. The monoisotopic (exact) mass is 429 g/mol. The van der Waals surface area contributed by atoms with E-state index in [2.05, 4.69) is 15.3 Å². The minimum atomic E-state index is -4.56. The zero-order valence-electron chi connectivity index (χ0n) is 15.3. The molecule has 1 aliphatic rings. The summed E-state index contributed by atoms with van der Waals surface area (Å²) in [6.45, 7) is 1.64. The third-order valence-electron chi connectivity index (χ3n) is 4.48. The number of aromatic nitrogens is 2. The third kappa shape index (κ3) is 5.63. The van der Waals surface area contributed by atoms with Gasteiger partial charge in [0.05, 0.1) is 6.54 Å². The molecule has 0 bridgehead atoms. The molecule has 0 atom stereocenters. The number of nitrogens with one attached hydrogen (secondary N) is 1. The first kappa shape index (κ1) is 21.0. The molecular weight excluding hydrogens is 411 g/mol. The van der Waals surface area contributed by atoms with E-state index in [4.69, 9.17) is 11.6 Å². The van der Waals surface area contributed by atoms with Gasteiger partial charge in [0.1, 0.15) is 6.54 Å². The Morgan fingerprint density at radius 2 is 1.86 bits per heavy atom. The number of rotatable bonds is 5. The second kappa shape index (κ2) is 8.73. The van der Waals surface area contributed by atoms with Crippen LogP contribution in [-0.4, -0.2) is 59.2 Å². The topological polar surface area (TPSA) is 70.5 Å². The molecule has 0 spiro atoms. The molecule has 3 rings (SSSR count). The fraction of sp³-hybridized carbons (Fsp3) is 0.389. The first-order valence-electron chi connectivity index (χ1n) is 8.88. The van der Waals surface area contributed by atoms with E-state index < -0.39 is 24.3 Å². The molecule has 2 amide bonds. The van der Waals surface area contributed by atoms with Crippen molar-refractivity contribution < 1.29 is 22.8 Å². The number of nitrogens with zero attached hydrogens (tertiary/aromatic N) is 4. The third-order valence-corrected chi connectivity index (χ3v) is 4.71. The van der Waals surface area contributed by atoms with Crippen LogP contribution in [0.2, 0.25) is 5.02 Å². The Bertz CT molecular complexity index is 878. The Balaban J connectivity index is 1.43. The molecule has 0 radical (unpaired) electrons. The summed E-state index contributed by atoms with van der Waals surface area (Å²) >= 11 is 6.00. The standard InChI is InChI=1S/C18H19ClF3N5O2/c19-13-2-1-3-14(10-13)25-6-8-26(9-7-25)17(29)11-23-16(28)12-27-5-4-15(24-27)18(20,21)22/h1-5,10H,6-9,11-12H2,(H,23,28). The summed E-state index contributed by atoms with van der Waals surface area (Å²) in [7, 11) is 0. The summed E-state index contributed by atoms with van der Waals surface area (Å²) < 4.78 is 38.4. The van der Waals surface area contributed by atoms with E-state index in [1.54, 1.807) is 11.0 Å². The van der Waals surface area contributed by atoms with Crippen molar-refractivity contribution in [2.75, 3.05) is 37.6 Å². The van der Waals surface area contributed by atoms with Crippen LogP contribution in [0.4, 0.5) is 18.9 Å². The van der Waals surface area contributed by atoms with Crippen LogP contribution in [0.25, 0.3) is 0 Å². The average molecular weight is 430 g/mol. The number of benzene rings is 1. The van der Waals surface area contributed by atoms with Crippen LogP contribution in [-0.2, 0) is 22.3 Å². The fourth-order valence-corrected chi connectivity index (χ4v) is 3.16. The van der Waals surface area contributed by atoms with Crippen molar-refractivity contribution in [3.05, 3.63) is 47.2 Å². The molecule has 1 aromatic carbocycles. The second-order valence-electron chi connectivity index (χ2n) is 6.52. The van der Waals surface area contributed by atoms with Crippen molar-refractivity contribution in [1.82, 2.24) is 20.0 Å².